The summed E-state index contributed by atoms with van der Waals surface area (Å²) in [5.74, 6) is 0.134. The first kappa shape index (κ1) is 16.8. The lowest BCUT2D eigenvalue weighted by Crippen LogP contribution is -2.41. The zero-order valence-electron chi connectivity index (χ0n) is 13.3. The van der Waals surface area contributed by atoms with Gasteiger partial charge in [-0.2, -0.15) is 0 Å². The molecule has 0 saturated carbocycles. The summed E-state index contributed by atoms with van der Waals surface area (Å²) in [6, 6.07) is -0.266. The van der Waals surface area contributed by atoms with E-state index in [2.05, 4.69) is 14.7 Å². The molecule has 0 spiro atoms. The molecule has 1 fully saturated rings. The van der Waals surface area contributed by atoms with E-state index >= 15 is 0 Å². The van der Waals surface area contributed by atoms with Crippen LogP contribution in [0.25, 0.3) is 0 Å². The highest BCUT2D eigenvalue weighted by atomic mass is 32.2. The first-order valence-electron chi connectivity index (χ1n) is 7.22. The lowest BCUT2D eigenvalue weighted by molar-refractivity contribution is 0.0776. The fourth-order valence-electron chi connectivity index (χ4n) is 2.73. The Balaban J connectivity index is 2.16. The SMILES string of the molecule is Cc1cnc(C(=O)N2C[C@H](NS(C)(=O)=O)[C@@H](C(C)C)C2)cn1. The van der Waals surface area contributed by atoms with E-state index in [4.69, 9.17) is 0 Å². The second-order valence-corrected chi connectivity index (χ2v) is 7.94. The summed E-state index contributed by atoms with van der Waals surface area (Å²) in [7, 11) is -3.31. The molecule has 1 N–H and O–H groups in total. The van der Waals surface area contributed by atoms with Crippen molar-refractivity contribution in [2.75, 3.05) is 19.3 Å². The highest BCUT2D eigenvalue weighted by Gasteiger charge is 2.38. The van der Waals surface area contributed by atoms with E-state index in [0.717, 1.165) is 11.9 Å². The van der Waals surface area contributed by atoms with Crippen molar-refractivity contribution in [3.63, 3.8) is 0 Å². The Kier molecular flexibility index (Phi) is 4.81. The molecular formula is C14H22N4O3S. The molecular weight excluding hydrogens is 304 g/mol. The van der Waals surface area contributed by atoms with Crippen LogP contribution < -0.4 is 4.72 Å². The van der Waals surface area contributed by atoms with Gasteiger partial charge in [0, 0.05) is 25.3 Å². The monoisotopic (exact) mass is 326 g/mol. The molecule has 0 unspecified atom stereocenters. The zero-order chi connectivity index (χ0) is 16.5. The smallest absolute Gasteiger partial charge is 0.274 e. The molecule has 1 aliphatic heterocycles. The Morgan fingerprint density at radius 3 is 2.50 bits per heavy atom. The number of hydrogen-bond donors (Lipinski definition) is 1. The maximum Gasteiger partial charge on any atom is 0.274 e. The fourth-order valence-corrected chi connectivity index (χ4v) is 3.53. The predicted octanol–water partition coefficient (Wildman–Crippen LogP) is 0.431. The average molecular weight is 326 g/mol. The maximum absolute atomic E-state index is 12.5. The Morgan fingerprint density at radius 2 is 2.00 bits per heavy atom. The summed E-state index contributed by atoms with van der Waals surface area (Å²) >= 11 is 0. The molecule has 1 aromatic heterocycles. The summed E-state index contributed by atoms with van der Waals surface area (Å²) in [6.07, 6.45) is 4.15. The van der Waals surface area contributed by atoms with Crippen molar-refractivity contribution >= 4 is 15.9 Å². The minimum atomic E-state index is -3.31. The van der Waals surface area contributed by atoms with Gasteiger partial charge in [-0.15, -0.1) is 0 Å². The van der Waals surface area contributed by atoms with Crippen molar-refractivity contribution in [1.82, 2.24) is 19.6 Å². The number of nitrogens with zero attached hydrogens (tertiary/aromatic N) is 3. The maximum atomic E-state index is 12.5. The third-order valence-corrected chi connectivity index (χ3v) is 4.61. The number of hydrogen-bond acceptors (Lipinski definition) is 5. The Morgan fingerprint density at radius 1 is 1.32 bits per heavy atom. The van der Waals surface area contributed by atoms with Gasteiger partial charge in [0.1, 0.15) is 5.69 Å². The number of likely N-dealkylation sites (tertiary alicyclic amines) is 1. The molecule has 122 valence electrons. The van der Waals surface area contributed by atoms with Crippen molar-refractivity contribution in [1.29, 1.82) is 0 Å². The van der Waals surface area contributed by atoms with Gasteiger partial charge in [0.15, 0.2) is 0 Å². The molecule has 2 rings (SSSR count). The average Bonchev–Trinajstić information content (AvgIpc) is 2.80. The molecule has 0 radical (unpaired) electrons. The minimum absolute atomic E-state index is 0.0806. The van der Waals surface area contributed by atoms with Crippen LogP contribution in [0, 0.1) is 18.8 Å². The predicted molar refractivity (Wildman–Crippen MR) is 82.8 cm³/mol. The van der Waals surface area contributed by atoms with Gasteiger partial charge >= 0.3 is 0 Å². The zero-order valence-corrected chi connectivity index (χ0v) is 14.1. The number of rotatable bonds is 4. The van der Waals surface area contributed by atoms with Gasteiger partial charge in [-0.05, 0) is 18.8 Å². The lowest BCUT2D eigenvalue weighted by Gasteiger charge is -2.21. The molecule has 2 atom stereocenters. The van der Waals surface area contributed by atoms with E-state index in [9.17, 15) is 13.2 Å². The van der Waals surface area contributed by atoms with Gasteiger partial charge in [0.25, 0.3) is 5.91 Å². The van der Waals surface area contributed by atoms with Crippen molar-refractivity contribution < 1.29 is 13.2 Å². The molecule has 1 aliphatic rings. The van der Waals surface area contributed by atoms with Crippen LogP contribution in [-0.4, -0.2) is 54.6 Å². The fraction of sp³-hybridized carbons (Fsp3) is 0.643. The number of sulfonamides is 1. The number of amides is 1. The van der Waals surface area contributed by atoms with Gasteiger partial charge in [0.2, 0.25) is 10.0 Å². The van der Waals surface area contributed by atoms with Crippen LogP contribution in [0.1, 0.15) is 30.0 Å². The van der Waals surface area contributed by atoms with Crippen molar-refractivity contribution in [3.8, 4) is 0 Å². The number of aromatic nitrogens is 2. The highest BCUT2D eigenvalue weighted by Crippen LogP contribution is 2.25. The van der Waals surface area contributed by atoms with E-state index in [0.29, 0.717) is 13.1 Å². The standard InChI is InChI=1S/C14H22N4O3S/c1-9(2)11-7-18(8-13(11)17-22(4,20)21)14(19)12-6-15-10(3)5-16-12/h5-6,9,11,13,17H,7-8H2,1-4H3/t11-,13+/m1/s1. The number of carbonyl (C=O) groups excluding carboxylic acids is 1. The van der Waals surface area contributed by atoms with E-state index in [1.54, 1.807) is 18.0 Å². The van der Waals surface area contributed by atoms with Gasteiger partial charge in [0.05, 0.1) is 18.1 Å². The molecule has 22 heavy (non-hydrogen) atoms. The second-order valence-electron chi connectivity index (χ2n) is 6.16. The first-order chi connectivity index (χ1) is 10.2. The van der Waals surface area contributed by atoms with E-state index < -0.39 is 10.0 Å². The number of carbonyl (C=O) groups is 1. The van der Waals surface area contributed by atoms with Crippen LogP contribution >= 0.6 is 0 Å². The van der Waals surface area contributed by atoms with E-state index in [-0.39, 0.29) is 29.5 Å². The Bertz CT molecular complexity index is 643. The first-order valence-corrected chi connectivity index (χ1v) is 9.11. The van der Waals surface area contributed by atoms with Crippen LogP contribution in [0.5, 0.6) is 0 Å². The summed E-state index contributed by atoms with van der Waals surface area (Å²) < 4.78 is 25.6. The molecule has 8 heteroatoms. The number of aryl methyl sites for hydroxylation is 1. The summed E-state index contributed by atoms with van der Waals surface area (Å²) in [5.41, 5.74) is 1.03. The second kappa shape index (κ2) is 6.29. The molecule has 0 aromatic carbocycles. The lowest BCUT2D eigenvalue weighted by atomic mass is 9.92. The van der Waals surface area contributed by atoms with E-state index in [1.165, 1.54) is 6.20 Å². The van der Waals surface area contributed by atoms with Gasteiger partial charge in [-0.1, -0.05) is 13.8 Å². The van der Waals surface area contributed by atoms with Crippen molar-refractivity contribution in [2.45, 2.75) is 26.8 Å². The summed E-state index contributed by atoms with van der Waals surface area (Å²) in [6.45, 7) is 6.73. The van der Waals surface area contributed by atoms with Crippen molar-refractivity contribution in [3.05, 3.63) is 23.8 Å². The van der Waals surface area contributed by atoms with Gasteiger partial charge in [-0.3, -0.25) is 9.78 Å². The highest BCUT2D eigenvalue weighted by molar-refractivity contribution is 7.88. The van der Waals surface area contributed by atoms with Crippen LogP contribution in [0.3, 0.4) is 0 Å². The van der Waals surface area contributed by atoms with Crippen LogP contribution in [0.15, 0.2) is 12.4 Å². The summed E-state index contributed by atoms with van der Waals surface area (Å²) in [4.78, 5) is 22.3. The van der Waals surface area contributed by atoms with Crippen molar-refractivity contribution in [2.24, 2.45) is 11.8 Å². The Labute approximate surface area is 131 Å². The molecule has 1 aromatic rings. The molecule has 7 nitrogen and oxygen atoms in total. The third-order valence-electron chi connectivity index (χ3n) is 3.87. The molecule has 2 heterocycles. The minimum Gasteiger partial charge on any atom is -0.335 e. The molecule has 1 amide bonds. The molecule has 1 saturated heterocycles. The van der Waals surface area contributed by atoms with Gasteiger partial charge in [-0.25, -0.2) is 18.1 Å². The largest absolute Gasteiger partial charge is 0.335 e. The van der Waals surface area contributed by atoms with Crippen LogP contribution in [0.2, 0.25) is 0 Å². The van der Waals surface area contributed by atoms with Crippen LogP contribution in [-0.2, 0) is 10.0 Å². The Hall–Kier alpha value is -1.54. The number of nitrogens with one attached hydrogen (secondary N) is 1. The van der Waals surface area contributed by atoms with Gasteiger partial charge < -0.3 is 4.90 Å². The molecule has 0 aliphatic carbocycles. The molecule has 0 bridgehead atoms. The normalized spacial score (nSPS) is 22.3. The third kappa shape index (κ3) is 4.01. The summed E-state index contributed by atoms with van der Waals surface area (Å²) in [5, 5.41) is 0. The quantitative estimate of drug-likeness (QED) is 0.866. The topological polar surface area (TPSA) is 92.3 Å². The van der Waals surface area contributed by atoms with E-state index in [1.807, 2.05) is 13.8 Å². The van der Waals surface area contributed by atoms with Crippen LogP contribution in [0.4, 0.5) is 0 Å².